The summed E-state index contributed by atoms with van der Waals surface area (Å²) in [6, 6.07) is 4.94. The fraction of sp³-hybridized carbons (Fsp3) is 0.500. The van der Waals surface area contributed by atoms with E-state index in [0.717, 1.165) is 0 Å². The molecule has 0 radical (unpaired) electrons. The highest BCUT2D eigenvalue weighted by molar-refractivity contribution is 5.90. The Bertz CT molecular complexity index is 782. The zero-order valence-electron chi connectivity index (χ0n) is 17.3. The number of hydrazine groups is 1. The van der Waals surface area contributed by atoms with E-state index in [4.69, 9.17) is 14.9 Å². The van der Waals surface area contributed by atoms with Gasteiger partial charge in [0, 0.05) is 5.69 Å². The van der Waals surface area contributed by atoms with E-state index in [0.29, 0.717) is 11.3 Å². The van der Waals surface area contributed by atoms with Crippen molar-refractivity contribution in [1.82, 2.24) is 10.7 Å². The Balaban J connectivity index is 3.13. The van der Waals surface area contributed by atoms with Crippen LogP contribution in [0.4, 0.5) is 10.5 Å². The number of alkyl carbamates (subject to hydrolysis) is 1. The summed E-state index contributed by atoms with van der Waals surface area (Å²) in [7, 11) is 0. The molecule has 0 aliphatic carbocycles. The predicted molar refractivity (Wildman–Crippen MR) is 106 cm³/mol. The molecule has 0 fully saturated rings. The monoisotopic (exact) mass is 409 g/mol. The van der Waals surface area contributed by atoms with Gasteiger partial charge in [-0.25, -0.2) is 19.7 Å². The SMILES string of the molecule is CC(C)(C)OC(=O)N[C@H](C(=O)OC(C)(C)C)c1cccc(NC(=N)N[N+](=O)[O-])c1. The van der Waals surface area contributed by atoms with Crippen LogP contribution in [0.5, 0.6) is 0 Å². The summed E-state index contributed by atoms with van der Waals surface area (Å²) < 4.78 is 10.6. The summed E-state index contributed by atoms with van der Waals surface area (Å²) in [4.78, 5) is 35.3. The number of nitro groups is 1. The molecule has 0 saturated heterocycles. The highest BCUT2D eigenvalue weighted by Gasteiger charge is 2.30. The summed E-state index contributed by atoms with van der Waals surface area (Å²) in [5, 5.41) is 22.0. The maximum Gasteiger partial charge on any atom is 0.408 e. The van der Waals surface area contributed by atoms with Crippen molar-refractivity contribution in [3.8, 4) is 0 Å². The first kappa shape index (κ1) is 23.7. The lowest BCUT2D eigenvalue weighted by Gasteiger charge is -2.26. The minimum absolute atomic E-state index is 0.293. The molecule has 160 valence electrons. The Morgan fingerprint density at radius 3 is 2.21 bits per heavy atom. The van der Waals surface area contributed by atoms with Crippen LogP contribution in [-0.2, 0) is 14.3 Å². The second-order valence-electron chi connectivity index (χ2n) is 8.11. The molecule has 1 aromatic rings. The molecule has 0 heterocycles. The van der Waals surface area contributed by atoms with E-state index in [2.05, 4.69) is 10.6 Å². The van der Waals surface area contributed by atoms with Crippen LogP contribution in [-0.4, -0.2) is 34.3 Å². The second kappa shape index (κ2) is 9.22. The minimum Gasteiger partial charge on any atom is -0.458 e. The Labute approximate surface area is 168 Å². The fourth-order valence-corrected chi connectivity index (χ4v) is 2.12. The van der Waals surface area contributed by atoms with Crippen LogP contribution in [0.15, 0.2) is 24.3 Å². The first-order valence-corrected chi connectivity index (χ1v) is 8.75. The Morgan fingerprint density at radius 2 is 1.69 bits per heavy atom. The Hall–Kier alpha value is -3.37. The lowest BCUT2D eigenvalue weighted by atomic mass is 10.1. The van der Waals surface area contributed by atoms with Gasteiger partial charge in [0.25, 0.3) is 5.96 Å². The van der Waals surface area contributed by atoms with E-state index < -0.39 is 40.3 Å². The summed E-state index contributed by atoms with van der Waals surface area (Å²) in [5.41, 5.74) is 0.733. The molecular formula is C18H27N5O6. The van der Waals surface area contributed by atoms with Crippen LogP contribution in [0.3, 0.4) is 0 Å². The number of amides is 1. The lowest BCUT2D eigenvalue weighted by Crippen LogP contribution is -2.40. The van der Waals surface area contributed by atoms with Gasteiger partial charge in [-0.2, -0.15) is 0 Å². The molecule has 0 saturated carbocycles. The number of benzene rings is 1. The van der Waals surface area contributed by atoms with Crippen molar-refractivity contribution in [3.63, 3.8) is 0 Å². The lowest BCUT2D eigenvalue weighted by molar-refractivity contribution is -0.525. The summed E-state index contributed by atoms with van der Waals surface area (Å²) >= 11 is 0. The van der Waals surface area contributed by atoms with Gasteiger partial charge in [-0.05, 0) is 59.2 Å². The van der Waals surface area contributed by atoms with Crippen LogP contribution in [0.2, 0.25) is 0 Å². The second-order valence-corrected chi connectivity index (χ2v) is 8.11. The van der Waals surface area contributed by atoms with Gasteiger partial charge in [-0.15, -0.1) is 0 Å². The number of nitrogens with one attached hydrogen (secondary N) is 4. The molecule has 0 aliphatic heterocycles. The number of carbonyl (C=O) groups excluding carboxylic acids is 2. The number of esters is 1. The largest absolute Gasteiger partial charge is 0.458 e. The smallest absolute Gasteiger partial charge is 0.408 e. The molecule has 4 N–H and O–H groups in total. The van der Waals surface area contributed by atoms with Crippen molar-refractivity contribution in [3.05, 3.63) is 39.9 Å². The highest BCUT2D eigenvalue weighted by Crippen LogP contribution is 2.22. The van der Waals surface area contributed by atoms with Gasteiger partial charge in [0.2, 0.25) is 0 Å². The minimum atomic E-state index is -1.19. The van der Waals surface area contributed by atoms with Crippen molar-refractivity contribution in [1.29, 1.82) is 5.41 Å². The average molecular weight is 409 g/mol. The fourth-order valence-electron chi connectivity index (χ4n) is 2.12. The van der Waals surface area contributed by atoms with Gasteiger partial charge in [-0.1, -0.05) is 17.6 Å². The quantitative estimate of drug-likeness (QED) is 0.190. The van der Waals surface area contributed by atoms with Crippen LogP contribution in [0, 0.1) is 15.5 Å². The Morgan fingerprint density at radius 1 is 1.10 bits per heavy atom. The first-order chi connectivity index (χ1) is 13.2. The molecule has 0 aromatic heterocycles. The van der Waals surface area contributed by atoms with Gasteiger partial charge in [0.05, 0.1) is 0 Å². The number of hydrogen-bond donors (Lipinski definition) is 4. The summed E-state index contributed by atoms with van der Waals surface area (Å²) in [6.07, 6.45) is -0.811. The summed E-state index contributed by atoms with van der Waals surface area (Å²) in [5.74, 6) is -1.28. The maximum absolute atomic E-state index is 12.7. The molecule has 1 atom stereocenters. The number of ether oxygens (including phenoxy) is 2. The first-order valence-electron chi connectivity index (χ1n) is 8.75. The van der Waals surface area contributed by atoms with E-state index in [1.54, 1.807) is 65.2 Å². The molecule has 11 heteroatoms. The molecule has 0 aliphatic rings. The normalized spacial score (nSPS) is 12.3. The third kappa shape index (κ3) is 9.40. The summed E-state index contributed by atoms with van der Waals surface area (Å²) in [6.45, 7) is 10.1. The highest BCUT2D eigenvalue weighted by atomic mass is 16.7. The van der Waals surface area contributed by atoms with Crippen LogP contribution in [0.25, 0.3) is 0 Å². The van der Waals surface area contributed by atoms with Gasteiger partial charge < -0.3 is 20.1 Å². The maximum atomic E-state index is 12.7. The molecule has 0 unspecified atom stereocenters. The number of nitrogens with zero attached hydrogens (tertiary/aromatic N) is 1. The average Bonchev–Trinajstić information content (AvgIpc) is 2.48. The van der Waals surface area contributed by atoms with Crippen molar-refractivity contribution in [2.45, 2.75) is 58.8 Å². The van der Waals surface area contributed by atoms with Crippen LogP contribution >= 0.6 is 0 Å². The molecular weight excluding hydrogens is 382 g/mol. The van der Waals surface area contributed by atoms with Crippen molar-refractivity contribution in [2.75, 3.05) is 5.32 Å². The molecule has 0 bridgehead atoms. The third-order valence-electron chi connectivity index (χ3n) is 3.00. The topological polar surface area (TPSA) is 156 Å². The zero-order chi connectivity index (χ0) is 22.4. The van der Waals surface area contributed by atoms with Gasteiger partial charge in [0.15, 0.2) is 11.1 Å². The van der Waals surface area contributed by atoms with E-state index in [1.807, 2.05) is 0 Å². The third-order valence-corrected chi connectivity index (χ3v) is 3.00. The van der Waals surface area contributed by atoms with Gasteiger partial charge in [0.1, 0.15) is 11.2 Å². The van der Waals surface area contributed by atoms with Gasteiger partial charge in [-0.3, -0.25) is 5.41 Å². The number of carbonyl (C=O) groups is 2. The zero-order valence-corrected chi connectivity index (χ0v) is 17.3. The molecule has 1 rings (SSSR count). The van der Waals surface area contributed by atoms with Crippen LogP contribution in [0.1, 0.15) is 53.1 Å². The number of rotatable bonds is 5. The van der Waals surface area contributed by atoms with Crippen molar-refractivity contribution < 1.29 is 24.1 Å². The van der Waals surface area contributed by atoms with E-state index in [9.17, 15) is 19.7 Å². The van der Waals surface area contributed by atoms with Crippen molar-refractivity contribution in [2.24, 2.45) is 0 Å². The van der Waals surface area contributed by atoms with E-state index in [1.165, 1.54) is 6.07 Å². The number of guanidine groups is 1. The number of hydrogen-bond acceptors (Lipinski definition) is 7. The predicted octanol–water partition coefficient (Wildman–Crippen LogP) is 2.72. The van der Waals surface area contributed by atoms with Crippen LogP contribution < -0.4 is 16.1 Å². The number of anilines is 1. The standard InChI is InChI=1S/C18H27N5O6/c1-17(2,3)28-14(24)13(21-16(25)29-18(4,5)6)11-8-7-9-12(10-11)20-15(19)22-23(26)27/h7-10,13H,1-6H3,(H,21,25)(H3,19,20,22)/t13-/m0/s1. The van der Waals surface area contributed by atoms with E-state index in [-0.39, 0.29) is 0 Å². The molecule has 1 aromatic carbocycles. The molecule has 1 amide bonds. The van der Waals surface area contributed by atoms with Gasteiger partial charge >= 0.3 is 12.1 Å². The molecule has 0 spiro atoms. The van der Waals surface area contributed by atoms with E-state index >= 15 is 0 Å². The molecule has 11 nitrogen and oxygen atoms in total. The molecule has 29 heavy (non-hydrogen) atoms. The van der Waals surface area contributed by atoms with Crippen molar-refractivity contribution >= 4 is 23.7 Å². The Kier molecular flexibility index (Phi) is 7.52.